The molecule has 0 aliphatic rings. The zero-order valence-electron chi connectivity index (χ0n) is 6.76. The molecule has 0 saturated carbocycles. The minimum absolute atomic E-state index is 0.143. The molecule has 0 heterocycles. The largest absolute Gasteiger partial charge is 0.264 e. The number of halogens is 2. The Morgan fingerprint density at radius 2 is 2.00 bits per heavy atom. The maximum atomic E-state index is 12.3. The van der Waals surface area contributed by atoms with Crippen LogP contribution in [0.3, 0.4) is 0 Å². The first kappa shape index (κ1) is 9.52. The van der Waals surface area contributed by atoms with E-state index >= 15 is 0 Å². The van der Waals surface area contributed by atoms with E-state index in [-0.39, 0.29) is 5.56 Å². The topological polar surface area (TPSA) is 0 Å². The van der Waals surface area contributed by atoms with Gasteiger partial charge >= 0.3 is 0 Å². The molecule has 0 atom stereocenters. The predicted octanol–water partition coefficient (Wildman–Crippen LogP) is 3.74. The zero-order valence-corrected chi connectivity index (χ0v) is 7.57. The SMILES string of the molecule is CCSc1ccccc1C(F)F. The number of alkyl halides is 2. The molecule has 0 amide bonds. The van der Waals surface area contributed by atoms with Gasteiger partial charge in [0.1, 0.15) is 0 Å². The fourth-order valence-electron chi connectivity index (χ4n) is 0.948. The standard InChI is InChI=1S/C9H10F2S/c1-2-12-8-6-4-3-5-7(8)9(10)11/h3-6,9H,2H2,1H3. The maximum Gasteiger partial charge on any atom is 0.264 e. The molecule has 0 bridgehead atoms. The van der Waals surface area contributed by atoms with Crippen molar-refractivity contribution in [2.75, 3.05) is 5.75 Å². The molecule has 0 saturated heterocycles. The lowest BCUT2D eigenvalue weighted by Crippen LogP contribution is -1.87. The van der Waals surface area contributed by atoms with Gasteiger partial charge in [0, 0.05) is 10.5 Å². The van der Waals surface area contributed by atoms with E-state index in [1.54, 1.807) is 18.2 Å². The maximum absolute atomic E-state index is 12.3. The molecular weight excluding hydrogens is 178 g/mol. The van der Waals surface area contributed by atoms with E-state index < -0.39 is 6.43 Å². The fraction of sp³-hybridized carbons (Fsp3) is 0.333. The summed E-state index contributed by atoms with van der Waals surface area (Å²) < 4.78 is 24.7. The quantitative estimate of drug-likeness (QED) is 0.651. The van der Waals surface area contributed by atoms with Crippen LogP contribution in [0.1, 0.15) is 18.9 Å². The molecule has 1 aromatic carbocycles. The van der Waals surface area contributed by atoms with Gasteiger partial charge in [-0.15, -0.1) is 11.8 Å². The van der Waals surface area contributed by atoms with Gasteiger partial charge in [-0.05, 0) is 11.8 Å². The summed E-state index contributed by atoms with van der Waals surface area (Å²) in [7, 11) is 0. The molecule has 0 fully saturated rings. The van der Waals surface area contributed by atoms with E-state index in [0.717, 1.165) is 5.75 Å². The van der Waals surface area contributed by atoms with Crippen molar-refractivity contribution in [3.63, 3.8) is 0 Å². The van der Waals surface area contributed by atoms with Crippen LogP contribution in [0.4, 0.5) is 8.78 Å². The Morgan fingerprint density at radius 3 is 2.58 bits per heavy atom. The van der Waals surface area contributed by atoms with Crippen LogP contribution in [0.25, 0.3) is 0 Å². The minimum atomic E-state index is -2.36. The van der Waals surface area contributed by atoms with Crippen molar-refractivity contribution in [2.45, 2.75) is 18.2 Å². The molecule has 0 aliphatic carbocycles. The third-order valence-electron chi connectivity index (χ3n) is 1.45. The van der Waals surface area contributed by atoms with E-state index in [9.17, 15) is 8.78 Å². The van der Waals surface area contributed by atoms with Crippen LogP contribution in [0, 0.1) is 0 Å². The number of rotatable bonds is 3. The fourth-order valence-corrected chi connectivity index (χ4v) is 1.76. The molecule has 1 rings (SSSR count). The second kappa shape index (κ2) is 4.45. The Kier molecular flexibility index (Phi) is 3.53. The Bertz CT molecular complexity index is 248. The van der Waals surface area contributed by atoms with Gasteiger partial charge in [0.2, 0.25) is 0 Å². The summed E-state index contributed by atoms with van der Waals surface area (Å²) in [6.45, 7) is 1.95. The van der Waals surface area contributed by atoms with Crippen molar-refractivity contribution in [2.24, 2.45) is 0 Å². The molecule has 66 valence electrons. The zero-order chi connectivity index (χ0) is 8.97. The molecule has 0 aromatic heterocycles. The average molecular weight is 188 g/mol. The normalized spacial score (nSPS) is 10.7. The lowest BCUT2D eigenvalue weighted by Gasteiger charge is -2.05. The summed E-state index contributed by atoms with van der Waals surface area (Å²) in [4.78, 5) is 0.690. The lowest BCUT2D eigenvalue weighted by molar-refractivity contribution is 0.148. The monoisotopic (exact) mass is 188 g/mol. The van der Waals surface area contributed by atoms with Crippen molar-refractivity contribution >= 4 is 11.8 Å². The molecule has 0 nitrogen and oxygen atoms in total. The first-order valence-corrected chi connectivity index (χ1v) is 4.74. The van der Waals surface area contributed by atoms with E-state index in [4.69, 9.17) is 0 Å². The highest BCUT2D eigenvalue weighted by atomic mass is 32.2. The van der Waals surface area contributed by atoms with Gasteiger partial charge in [-0.1, -0.05) is 25.1 Å². The molecule has 0 spiro atoms. The number of hydrogen-bond donors (Lipinski definition) is 0. The van der Waals surface area contributed by atoms with Gasteiger partial charge in [0.15, 0.2) is 0 Å². The third-order valence-corrected chi connectivity index (χ3v) is 2.43. The van der Waals surface area contributed by atoms with E-state index in [1.165, 1.54) is 17.8 Å². The molecule has 1 aromatic rings. The van der Waals surface area contributed by atoms with E-state index in [2.05, 4.69) is 0 Å². The number of benzene rings is 1. The van der Waals surface area contributed by atoms with Gasteiger partial charge in [-0.3, -0.25) is 0 Å². The summed E-state index contributed by atoms with van der Waals surface area (Å²) in [6, 6.07) is 6.63. The molecular formula is C9H10F2S. The van der Waals surface area contributed by atoms with Crippen LogP contribution in [0.2, 0.25) is 0 Å². The van der Waals surface area contributed by atoms with Crippen LogP contribution in [0.15, 0.2) is 29.2 Å². The van der Waals surface area contributed by atoms with Crippen LogP contribution in [0.5, 0.6) is 0 Å². The molecule has 0 radical (unpaired) electrons. The summed E-state index contributed by atoms with van der Waals surface area (Å²) in [5.41, 5.74) is 0.143. The molecule has 0 N–H and O–H groups in total. The average Bonchev–Trinajstić information content (AvgIpc) is 2.05. The molecule has 0 aliphatic heterocycles. The van der Waals surface area contributed by atoms with Crippen molar-refractivity contribution in [1.29, 1.82) is 0 Å². The molecule has 0 unspecified atom stereocenters. The molecule has 12 heavy (non-hydrogen) atoms. The van der Waals surface area contributed by atoms with Crippen LogP contribution in [-0.4, -0.2) is 5.75 Å². The first-order valence-electron chi connectivity index (χ1n) is 3.75. The van der Waals surface area contributed by atoms with Crippen LogP contribution in [-0.2, 0) is 0 Å². The smallest absolute Gasteiger partial charge is 0.205 e. The van der Waals surface area contributed by atoms with Gasteiger partial charge in [-0.2, -0.15) is 0 Å². The molecule has 3 heteroatoms. The van der Waals surface area contributed by atoms with Crippen molar-refractivity contribution in [3.8, 4) is 0 Å². The highest BCUT2D eigenvalue weighted by molar-refractivity contribution is 7.99. The van der Waals surface area contributed by atoms with Crippen molar-refractivity contribution in [3.05, 3.63) is 29.8 Å². The van der Waals surface area contributed by atoms with Gasteiger partial charge in [-0.25, -0.2) is 8.78 Å². The van der Waals surface area contributed by atoms with Gasteiger partial charge < -0.3 is 0 Å². The van der Waals surface area contributed by atoms with Crippen LogP contribution < -0.4 is 0 Å². The minimum Gasteiger partial charge on any atom is -0.205 e. The Morgan fingerprint density at radius 1 is 1.33 bits per heavy atom. The second-order valence-electron chi connectivity index (χ2n) is 2.27. The second-order valence-corrected chi connectivity index (χ2v) is 3.58. The first-order chi connectivity index (χ1) is 5.75. The van der Waals surface area contributed by atoms with E-state index in [1.807, 2.05) is 6.92 Å². The van der Waals surface area contributed by atoms with Gasteiger partial charge in [0.05, 0.1) is 0 Å². The van der Waals surface area contributed by atoms with Crippen LogP contribution >= 0.6 is 11.8 Å². The Hall–Kier alpha value is -0.570. The third kappa shape index (κ3) is 2.21. The summed E-state index contributed by atoms with van der Waals surface area (Å²) in [6.07, 6.45) is -2.36. The van der Waals surface area contributed by atoms with E-state index in [0.29, 0.717) is 4.90 Å². The highest BCUT2D eigenvalue weighted by Gasteiger charge is 2.10. The summed E-state index contributed by atoms with van der Waals surface area (Å²) in [5, 5.41) is 0. The summed E-state index contributed by atoms with van der Waals surface area (Å²) >= 11 is 1.45. The summed E-state index contributed by atoms with van der Waals surface area (Å²) in [5.74, 6) is 0.823. The predicted molar refractivity (Wildman–Crippen MR) is 47.8 cm³/mol. The Labute approximate surface area is 75.0 Å². The van der Waals surface area contributed by atoms with Gasteiger partial charge in [0.25, 0.3) is 6.43 Å². The number of thioether (sulfide) groups is 1. The Balaban J connectivity index is 2.92. The van der Waals surface area contributed by atoms with Crippen molar-refractivity contribution < 1.29 is 8.78 Å². The lowest BCUT2D eigenvalue weighted by atomic mass is 10.2. The highest BCUT2D eigenvalue weighted by Crippen LogP contribution is 2.29. The van der Waals surface area contributed by atoms with Crippen molar-refractivity contribution in [1.82, 2.24) is 0 Å². The number of hydrogen-bond acceptors (Lipinski definition) is 1.